The Morgan fingerprint density at radius 3 is 2.50 bits per heavy atom. The lowest BCUT2D eigenvalue weighted by Gasteiger charge is -2.29. The number of aliphatic hydroxyl groups is 1. The van der Waals surface area contributed by atoms with E-state index in [9.17, 15) is 9.90 Å². The second kappa shape index (κ2) is 5.50. The normalized spacial score (nSPS) is 19.4. The number of carbonyl (C=O) groups is 1. The van der Waals surface area contributed by atoms with Gasteiger partial charge in [0.1, 0.15) is 6.04 Å². The van der Waals surface area contributed by atoms with Crippen LogP contribution in [-0.2, 0) is 4.79 Å². The molecule has 0 aliphatic heterocycles. The summed E-state index contributed by atoms with van der Waals surface area (Å²) in [6.45, 7) is -0.0136. The molecule has 1 amide bonds. The van der Waals surface area contributed by atoms with E-state index in [0.29, 0.717) is 0 Å². The molecule has 0 aromatic heterocycles. The smallest absolute Gasteiger partial charge is 0.242 e. The monoisotopic (exact) mass is 248 g/mol. The molecule has 98 valence electrons. The molecule has 18 heavy (non-hydrogen) atoms. The largest absolute Gasteiger partial charge is 0.394 e. The molecule has 2 rings (SSSR count). The number of rotatable bonds is 4. The quantitative estimate of drug-likeness (QED) is 0.747. The van der Waals surface area contributed by atoms with E-state index in [1.165, 1.54) is 0 Å². The molecule has 1 aliphatic rings. The molecular formula is C14H20N2O2. The number of hydrogen-bond donors (Lipinski definition) is 3. The lowest BCUT2D eigenvalue weighted by molar-refractivity contribution is -0.125. The van der Waals surface area contributed by atoms with E-state index < -0.39 is 11.6 Å². The van der Waals surface area contributed by atoms with Crippen molar-refractivity contribution in [1.29, 1.82) is 0 Å². The van der Waals surface area contributed by atoms with Gasteiger partial charge in [0.25, 0.3) is 0 Å². The first-order valence-electron chi connectivity index (χ1n) is 6.40. The van der Waals surface area contributed by atoms with Gasteiger partial charge in [-0.3, -0.25) is 4.79 Å². The molecule has 0 heterocycles. The third kappa shape index (κ3) is 2.71. The number of nitrogens with two attached hydrogens (primary N) is 1. The van der Waals surface area contributed by atoms with E-state index >= 15 is 0 Å². The number of hydrogen-bond acceptors (Lipinski definition) is 3. The molecule has 0 spiro atoms. The van der Waals surface area contributed by atoms with Gasteiger partial charge in [-0.2, -0.15) is 0 Å². The van der Waals surface area contributed by atoms with Crippen molar-refractivity contribution < 1.29 is 9.90 Å². The van der Waals surface area contributed by atoms with E-state index in [1.807, 2.05) is 30.3 Å². The van der Waals surface area contributed by atoms with E-state index in [4.69, 9.17) is 5.73 Å². The Balaban J connectivity index is 2.03. The highest BCUT2D eigenvalue weighted by atomic mass is 16.3. The Morgan fingerprint density at radius 2 is 1.94 bits per heavy atom. The highest BCUT2D eigenvalue weighted by molar-refractivity contribution is 5.83. The highest BCUT2D eigenvalue weighted by Gasteiger charge is 2.35. The first-order chi connectivity index (χ1) is 8.67. The SMILES string of the molecule is NC(C(=O)NC1(CO)CCCC1)c1ccccc1. The van der Waals surface area contributed by atoms with Crippen molar-refractivity contribution in [1.82, 2.24) is 5.32 Å². The Kier molecular flexibility index (Phi) is 3.99. The number of nitrogens with one attached hydrogen (secondary N) is 1. The predicted octanol–water partition coefficient (Wildman–Crippen LogP) is 1.11. The molecule has 4 heteroatoms. The summed E-state index contributed by atoms with van der Waals surface area (Å²) < 4.78 is 0. The molecule has 0 bridgehead atoms. The van der Waals surface area contributed by atoms with Crippen LogP contribution in [0.1, 0.15) is 37.3 Å². The molecule has 1 atom stereocenters. The van der Waals surface area contributed by atoms with Crippen molar-refractivity contribution in [2.24, 2.45) is 5.73 Å². The van der Waals surface area contributed by atoms with Crippen LogP contribution in [0.3, 0.4) is 0 Å². The average Bonchev–Trinajstić information content (AvgIpc) is 2.88. The molecule has 1 aromatic rings. The molecule has 4 N–H and O–H groups in total. The Labute approximate surface area is 107 Å². The molecule has 1 fully saturated rings. The fraction of sp³-hybridized carbons (Fsp3) is 0.500. The van der Waals surface area contributed by atoms with Gasteiger partial charge in [-0.15, -0.1) is 0 Å². The van der Waals surface area contributed by atoms with Crippen LogP contribution < -0.4 is 11.1 Å². The topological polar surface area (TPSA) is 75.4 Å². The summed E-state index contributed by atoms with van der Waals surface area (Å²) in [6, 6.07) is 8.62. The van der Waals surface area contributed by atoms with Crippen LogP contribution in [0.5, 0.6) is 0 Å². The van der Waals surface area contributed by atoms with Gasteiger partial charge < -0.3 is 16.2 Å². The van der Waals surface area contributed by atoms with Gasteiger partial charge >= 0.3 is 0 Å². The molecule has 0 radical (unpaired) electrons. The predicted molar refractivity (Wildman–Crippen MR) is 69.8 cm³/mol. The Morgan fingerprint density at radius 1 is 1.33 bits per heavy atom. The third-order valence-corrected chi connectivity index (χ3v) is 3.69. The fourth-order valence-electron chi connectivity index (χ4n) is 2.53. The van der Waals surface area contributed by atoms with Crippen molar-refractivity contribution in [3.8, 4) is 0 Å². The van der Waals surface area contributed by atoms with Crippen molar-refractivity contribution in [2.75, 3.05) is 6.61 Å². The van der Waals surface area contributed by atoms with Crippen molar-refractivity contribution in [3.05, 3.63) is 35.9 Å². The molecule has 1 unspecified atom stereocenters. The van der Waals surface area contributed by atoms with Crippen molar-refractivity contribution in [3.63, 3.8) is 0 Å². The van der Waals surface area contributed by atoms with Gasteiger partial charge in [-0.1, -0.05) is 43.2 Å². The first-order valence-corrected chi connectivity index (χ1v) is 6.40. The van der Waals surface area contributed by atoms with Gasteiger partial charge in [0.05, 0.1) is 12.1 Å². The van der Waals surface area contributed by atoms with Crippen LogP contribution in [0.2, 0.25) is 0 Å². The zero-order valence-corrected chi connectivity index (χ0v) is 10.4. The molecule has 4 nitrogen and oxygen atoms in total. The van der Waals surface area contributed by atoms with E-state index in [2.05, 4.69) is 5.32 Å². The maximum absolute atomic E-state index is 12.1. The van der Waals surface area contributed by atoms with Crippen LogP contribution >= 0.6 is 0 Å². The zero-order valence-electron chi connectivity index (χ0n) is 10.4. The van der Waals surface area contributed by atoms with Gasteiger partial charge in [0.2, 0.25) is 5.91 Å². The Bertz CT molecular complexity index is 400. The van der Waals surface area contributed by atoms with Gasteiger partial charge in [-0.25, -0.2) is 0 Å². The number of carbonyl (C=O) groups excluding carboxylic acids is 1. The van der Waals surface area contributed by atoms with Crippen LogP contribution in [0.25, 0.3) is 0 Å². The highest BCUT2D eigenvalue weighted by Crippen LogP contribution is 2.29. The van der Waals surface area contributed by atoms with Crippen LogP contribution in [0.15, 0.2) is 30.3 Å². The molecular weight excluding hydrogens is 228 g/mol. The van der Waals surface area contributed by atoms with Gasteiger partial charge in [0.15, 0.2) is 0 Å². The average molecular weight is 248 g/mol. The van der Waals surface area contributed by atoms with Crippen molar-refractivity contribution >= 4 is 5.91 Å². The molecule has 1 saturated carbocycles. The minimum Gasteiger partial charge on any atom is -0.394 e. The van der Waals surface area contributed by atoms with Crippen LogP contribution in [0, 0.1) is 0 Å². The standard InChI is InChI=1S/C14H20N2O2/c15-12(11-6-2-1-3-7-11)13(18)16-14(10-17)8-4-5-9-14/h1-3,6-7,12,17H,4-5,8-10,15H2,(H,16,18). The summed E-state index contributed by atoms with van der Waals surface area (Å²) in [4.78, 5) is 12.1. The minimum atomic E-state index is -0.671. The van der Waals surface area contributed by atoms with E-state index in [1.54, 1.807) is 0 Å². The number of amides is 1. The summed E-state index contributed by atoms with van der Waals surface area (Å²) in [5, 5.41) is 12.4. The second-order valence-electron chi connectivity index (χ2n) is 5.02. The number of benzene rings is 1. The maximum atomic E-state index is 12.1. The van der Waals surface area contributed by atoms with Gasteiger partial charge in [0, 0.05) is 0 Å². The van der Waals surface area contributed by atoms with Gasteiger partial charge in [-0.05, 0) is 18.4 Å². The maximum Gasteiger partial charge on any atom is 0.242 e. The van der Waals surface area contributed by atoms with Crippen LogP contribution in [0.4, 0.5) is 0 Å². The second-order valence-corrected chi connectivity index (χ2v) is 5.02. The third-order valence-electron chi connectivity index (χ3n) is 3.69. The summed E-state index contributed by atoms with van der Waals surface area (Å²) in [5.74, 6) is -0.211. The van der Waals surface area contributed by atoms with Crippen molar-refractivity contribution in [2.45, 2.75) is 37.3 Å². The van der Waals surface area contributed by atoms with E-state index in [-0.39, 0.29) is 12.5 Å². The summed E-state index contributed by atoms with van der Waals surface area (Å²) in [6.07, 6.45) is 3.75. The van der Waals surface area contributed by atoms with E-state index in [0.717, 1.165) is 31.2 Å². The fourth-order valence-corrected chi connectivity index (χ4v) is 2.53. The first kappa shape index (κ1) is 13.1. The molecule has 0 saturated heterocycles. The molecule has 1 aliphatic carbocycles. The Hall–Kier alpha value is -1.39. The minimum absolute atomic E-state index is 0.0136. The zero-order chi connectivity index (χ0) is 13.0. The lowest BCUT2D eigenvalue weighted by Crippen LogP contribution is -2.51. The summed E-state index contributed by atoms with van der Waals surface area (Å²) in [7, 11) is 0. The lowest BCUT2D eigenvalue weighted by atomic mass is 9.97. The van der Waals surface area contributed by atoms with Crippen LogP contribution in [-0.4, -0.2) is 23.2 Å². The summed E-state index contributed by atoms with van der Waals surface area (Å²) in [5.41, 5.74) is 6.27. The summed E-state index contributed by atoms with van der Waals surface area (Å²) >= 11 is 0. The molecule has 1 aromatic carbocycles. The number of aliphatic hydroxyl groups excluding tert-OH is 1.